The summed E-state index contributed by atoms with van der Waals surface area (Å²) < 4.78 is 0. The second-order valence-corrected chi connectivity index (χ2v) is 3.79. The molecule has 0 fully saturated rings. The van der Waals surface area contributed by atoms with Crippen LogP contribution in [0.2, 0.25) is 0 Å². The van der Waals surface area contributed by atoms with E-state index in [4.69, 9.17) is 5.26 Å². The lowest BCUT2D eigenvalue weighted by Crippen LogP contribution is -2.39. The van der Waals surface area contributed by atoms with Gasteiger partial charge in [-0.3, -0.25) is 5.26 Å². The van der Waals surface area contributed by atoms with Crippen molar-refractivity contribution in [1.29, 1.82) is 0 Å². The summed E-state index contributed by atoms with van der Waals surface area (Å²) in [6.07, 6.45) is 0.938. The monoisotopic (exact) mass is 186 g/mol. The molecule has 13 heavy (non-hydrogen) atoms. The Balaban J connectivity index is 4.73. The van der Waals surface area contributed by atoms with Crippen LogP contribution < -0.4 is 0 Å². The number of hydrogen-bond acceptors (Lipinski definition) is 3. The third-order valence-electron chi connectivity index (χ3n) is 2.00. The van der Waals surface area contributed by atoms with Gasteiger partial charge in [0.2, 0.25) is 0 Å². The second-order valence-electron chi connectivity index (χ2n) is 3.79. The van der Waals surface area contributed by atoms with Gasteiger partial charge in [0.15, 0.2) is 0 Å². The van der Waals surface area contributed by atoms with Gasteiger partial charge in [-0.25, -0.2) is 4.89 Å². The quantitative estimate of drug-likeness (QED) is 0.392. The van der Waals surface area contributed by atoms with E-state index in [1.807, 2.05) is 0 Å². The van der Waals surface area contributed by atoms with Gasteiger partial charge in [0.1, 0.15) is 6.10 Å². The summed E-state index contributed by atoms with van der Waals surface area (Å²) in [5.74, 6) is -0.380. The number of aliphatic hydroxyl groups is 1. The molecule has 2 N–H and O–H groups in total. The summed E-state index contributed by atoms with van der Waals surface area (Å²) in [4.78, 5) is 4.26. The van der Waals surface area contributed by atoms with Crippen LogP contribution in [-0.4, -0.2) is 22.1 Å². The molecule has 0 aliphatic heterocycles. The molecule has 0 aromatic heterocycles. The summed E-state index contributed by atoms with van der Waals surface area (Å²) in [6, 6.07) is 0. The predicted octanol–water partition coefficient (Wildman–Crippen LogP) is 1.99. The highest BCUT2D eigenvalue weighted by molar-refractivity contribution is 5.08. The molecular formula is C10H18O3. The first-order valence-corrected chi connectivity index (χ1v) is 4.15. The van der Waals surface area contributed by atoms with Gasteiger partial charge in [-0.05, 0) is 26.3 Å². The Labute approximate surface area is 79.3 Å². The van der Waals surface area contributed by atoms with Crippen LogP contribution in [0.15, 0.2) is 24.8 Å². The molecule has 76 valence electrons. The first-order chi connectivity index (χ1) is 5.84. The molecule has 3 nitrogen and oxygen atoms in total. The van der Waals surface area contributed by atoms with E-state index >= 15 is 0 Å². The molecule has 0 spiro atoms. The van der Waals surface area contributed by atoms with Crippen LogP contribution in [0, 0.1) is 5.92 Å². The summed E-state index contributed by atoms with van der Waals surface area (Å²) >= 11 is 0. The van der Waals surface area contributed by atoms with E-state index in [1.165, 1.54) is 0 Å². The molecule has 2 atom stereocenters. The Bertz CT molecular complexity index is 191. The predicted molar refractivity (Wildman–Crippen MR) is 52.3 cm³/mol. The van der Waals surface area contributed by atoms with Crippen molar-refractivity contribution in [2.45, 2.75) is 32.5 Å². The van der Waals surface area contributed by atoms with E-state index in [1.54, 1.807) is 26.8 Å². The van der Waals surface area contributed by atoms with Gasteiger partial charge in [0.05, 0.1) is 5.60 Å². The first kappa shape index (κ1) is 12.4. The minimum Gasteiger partial charge on any atom is -0.390 e. The highest BCUT2D eigenvalue weighted by Crippen LogP contribution is 2.26. The third kappa shape index (κ3) is 3.30. The van der Waals surface area contributed by atoms with Crippen molar-refractivity contribution in [2.24, 2.45) is 5.92 Å². The zero-order valence-corrected chi connectivity index (χ0v) is 8.45. The second kappa shape index (κ2) is 4.56. The van der Waals surface area contributed by atoms with E-state index in [0.717, 1.165) is 0 Å². The average Bonchev–Trinajstić information content (AvgIpc) is 1.96. The van der Waals surface area contributed by atoms with Gasteiger partial charge >= 0.3 is 0 Å². The molecular weight excluding hydrogens is 168 g/mol. The number of hydrogen-bond donors (Lipinski definition) is 2. The smallest absolute Gasteiger partial charge is 0.122 e. The standard InChI is InChI=1S/C10H18O3/c1-6-8(10(4,5)11)9(13-12)7(2)3/h6,8-9,11-12H,1-2H2,3-5H3/t8-,9-/m1/s1. The van der Waals surface area contributed by atoms with Crippen molar-refractivity contribution in [3.05, 3.63) is 24.8 Å². The van der Waals surface area contributed by atoms with Crippen molar-refractivity contribution in [1.82, 2.24) is 0 Å². The maximum absolute atomic E-state index is 9.72. The van der Waals surface area contributed by atoms with Crippen molar-refractivity contribution in [2.75, 3.05) is 0 Å². The molecule has 0 amide bonds. The maximum atomic E-state index is 9.72. The average molecular weight is 186 g/mol. The summed E-state index contributed by atoms with van der Waals surface area (Å²) in [6.45, 7) is 12.2. The van der Waals surface area contributed by atoms with E-state index < -0.39 is 11.7 Å². The summed E-state index contributed by atoms with van der Waals surface area (Å²) in [5, 5.41) is 18.4. The fourth-order valence-electron chi connectivity index (χ4n) is 1.24. The van der Waals surface area contributed by atoms with E-state index in [2.05, 4.69) is 18.0 Å². The van der Waals surface area contributed by atoms with Crippen LogP contribution in [0.5, 0.6) is 0 Å². The Morgan fingerprint density at radius 3 is 2.08 bits per heavy atom. The molecule has 0 aliphatic carbocycles. The van der Waals surface area contributed by atoms with Gasteiger partial charge in [-0.2, -0.15) is 0 Å². The Hall–Kier alpha value is -0.640. The van der Waals surface area contributed by atoms with Crippen LogP contribution in [-0.2, 0) is 4.89 Å². The SMILES string of the molecule is C=C[C@H]([C@H](OO)C(=C)C)C(C)(C)O. The largest absolute Gasteiger partial charge is 0.390 e. The minimum absolute atomic E-state index is 0.380. The van der Waals surface area contributed by atoms with Crippen molar-refractivity contribution >= 4 is 0 Å². The van der Waals surface area contributed by atoms with E-state index in [9.17, 15) is 5.11 Å². The van der Waals surface area contributed by atoms with Crippen LogP contribution in [0.1, 0.15) is 20.8 Å². The molecule has 0 aliphatic rings. The van der Waals surface area contributed by atoms with Crippen LogP contribution in [0.3, 0.4) is 0 Å². The zero-order valence-electron chi connectivity index (χ0n) is 8.45. The van der Waals surface area contributed by atoms with Crippen molar-refractivity contribution in [3.63, 3.8) is 0 Å². The normalized spacial score (nSPS) is 16.4. The molecule has 0 unspecified atom stereocenters. The molecule has 0 saturated heterocycles. The molecule has 3 heteroatoms. The van der Waals surface area contributed by atoms with Gasteiger partial charge in [-0.1, -0.05) is 12.7 Å². The van der Waals surface area contributed by atoms with Crippen molar-refractivity contribution in [3.8, 4) is 0 Å². The summed E-state index contributed by atoms with van der Waals surface area (Å²) in [7, 11) is 0. The van der Waals surface area contributed by atoms with E-state index in [0.29, 0.717) is 5.57 Å². The van der Waals surface area contributed by atoms with Crippen LogP contribution >= 0.6 is 0 Å². The Morgan fingerprint density at radius 1 is 1.54 bits per heavy atom. The lowest BCUT2D eigenvalue weighted by molar-refractivity contribution is -0.285. The van der Waals surface area contributed by atoms with Crippen molar-refractivity contribution < 1.29 is 15.3 Å². The molecule has 0 rings (SSSR count). The van der Waals surface area contributed by atoms with E-state index in [-0.39, 0.29) is 5.92 Å². The lowest BCUT2D eigenvalue weighted by atomic mass is 9.84. The first-order valence-electron chi connectivity index (χ1n) is 4.15. The minimum atomic E-state index is -0.992. The molecule has 0 bridgehead atoms. The highest BCUT2D eigenvalue weighted by Gasteiger charge is 2.33. The fourth-order valence-corrected chi connectivity index (χ4v) is 1.24. The molecule has 0 heterocycles. The van der Waals surface area contributed by atoms with Crippen LogP contribution in [0.4, 0.5) is 0 Å². The topological polar surface area (TPSA) is 49.7 Å². The molecule has 0 aromatic carbocycles. The van der Waals surface area contributed by atoms with Gasteiger partial charge in [-0.15, -0.1) is 6.58 Å². The third-order valence-corrected chi connectivity index (χ3v) is 2.00. The summed E-state index contributed by atoms with van der Waals surface area (Å²) in [5.41, 5.74) is -0.344. The molecule has 0 radical (unpaired) electrons. The fraction of sp³-hybridized carbons (Fsp3) is 0.600. The maximum Gasteiger partial charge on any atom is 0.122 e. The van der Waals surface area contributed by atoms with Crippen LogP contribution in [0.25, 0.3) is 0 Å². The van der Waals surface area contributed by atoms with Gasteiger partial charge in [0, 0.05) is 5.92 Å². The van der Waals surface area contributed by atoms with Gasteiger partial charge < -0.3 is 5.11 Å². The zero-order chi connectivity index (χ0) is 10.6. The Kier molecular flexibility index (Phi) is 4.33. The highest BCUT2D eigenvalue weighted by atomic mass is 17.1. The lowest BCUT2D eigenvalue weighted by Gasteiger charge is -2.31. The number of rotatable bonds is 5. The Morgan fingerprint density at radius 2 is 2.00 bits per heavy atom. The molecule has 0 saturated carbocycles. The molecule has 0 aromatic rings. The van der Waals surface area contributed by atoms with Gasteiger partial charge in [0.25, 0.3) is 0 Å².